The number of urea groups is 1. The van der Waals surface area contributed by atoms with Gasteiger partial charge in [-0.3, -0.25) is 4.79 Å². The SMILES string of the molecule is CC(NC(=O)NC1CCCCC1)C(=O)N1CCc2ccccc21. The van der Waals surface area contributed by atoms with E-state index in [1.54, 1.807) is 11.8 Å². The van der Waals surface area contributed by atoms with Gasteiger partial charge in [-0.15, -0.1) is 0 Å². The molecule has 3 rings (SSSR count). The molecule has 1 aliphatic heterocycles. The van der Waals surface area contributed by atoms with E-state index < -0.39 is 6.04 Å². The lowest BCUT2D eigenvalue weighted by molar-refractivity contribution is -0.119. The zero-order valence-electron chi connectivity index (χ0n) is 13.7. The van der Waals surface area contributed by atoms with E-state index in [-0.39, 0.29) is 18.0 Å². The van der Waals surface area contributed by atoms with Crippen molar-refractivity contribution in [1.82, 2.24) is 10.6 Å². The predicted octanol–water partition coefficient (Wildman–Crippen LogP) is 2.60. The molecule has 1 heterocycles. The summed E-state index contributed by atoms with van der Waals surface area (Å²) in [6.07, 6.45) is 6.55. The van der Waals surface area contributed by atoms with Crippen LogP contribution in [0.25, 0.3) is 0 Å². The van der Waals surface area contributed by atoms with Crippen molar-refractivity contribution in [2.45, 2.75) is 57.5 Å². The highest BCUT2D eigenvalue weighted by Crippen LogP contribution is 2.27. The van der Waals surface area contributed by atoms with E-state index in [2.05, 4.69) is 16.7 Å². The van der Waals surface area contributed by atoms with Gasteiger partial charge in [0.05, 0.1) is 0 Å². The van der Waals surface area contributed by atoms with Crippen LogP contribution in [0.1, 0.15) is 44.6 Å². The van der Waals surface area contributed by atoms with Gasteiger partial charge >= 0.3 is 6.03 Å². The molecule has 0 saturated heterocycles. The maximum Gasteiger partial charge on any atom is 0.315 e. The molecule has 3 amide bonds. The Morgan fingerprint density at radius 2 is 1.91 bits per heavy atom. The number of carbonyl (C=O) groups is 2. The summed E-state index contributed by atoms with van der Waals surface area (Å²) in [5.74, 6) is -0.0475. The molecule has 0 bridgehead atoms. The predicted molar refractivity (Wildman–Crippen MR) is 90.5 cm³/mol. The highest BCUT2D eigenvalue weighted by Gasteiger charge is 2.28. The number of nitrogens with zero attached hydrogens (tertiary/aromatic N) is 1. The molecule has 0 radical (unpaired) electrons. The molecule has 1 aromatic carbocycles. The van der Waals surface area contributed by atoms with Crippen LogP contribution in [0.15, 0.2) is 24.3 Å². The Labute approximate surface area is 137 Å². The molecule has 1 unspecified atom stereocenters. The van der Waals surface area contributed by atoms with Gasteiger partial charge in [0.15, 0.2) is 0 Å². The topological polar surface area (TPSA) is 61.4 Å². The maximum absolute atomic E-state index is 12.6. The normalized spacial score (nSPS) is 19.1. The summed E-state index contributed by atoms with van der Waals surface area (Å²) in [7, 11) is 0. The van der Waals surface area contributed by atoms with Crippen LogP contribution in [0.4, 0.5) is 10.5 Å². The molecule has 2 aliphatic rings. The van der Waals surface area contributed by atoms with E-state index >= 15 is 0 Å². The van der Waals surface area contributed by atoms with Crippen molar-refractivity contribution in [2.75, 3.05) is 11.4 Å². The van der Waals surface area contributed by atoms with Gasteiger partial charge < -0.3 is 15.5 Å². The Kier molecular flexibility index (Phi) is 4.84. The number of fused-ring (bicyclic) bond motifs is 1. The van der Waals surface area contributed by atoms with Crippen molar-refractivity contribution in [3.05, 3.63) is 29.8 Å². The summed E-state index contributed by atoms with van der Waals surface area (Å²) in [4.78, 5) is 26.5. The highest BCUT2D eigenvalue weighted by atomic mass is 16.2. The number of hydrogen-bond donors (Lipinski definition) is 2. The molecule has 5 heteroatoms. The maximum atomic E-state index is 12.6. The average molecular weight is 315 g/mol. The third-order valence-electron chi connectivity index (χ3n) is 4.81. The summed E-state index contributed by atoms with van der Waals surface area (Å²) < 4.78 is 0. The van der Waals surface area contributed by atoms with E-state index in [0.29, 0.717) is 6.54 Å². The van der Waals surface area contributed by atoms with Crippen LogP contribution < -0.4 is 15.5 Å². The molecule has 1 saturated carbocycles. The minimum atomic E-state index is -0.523. The molecular formula is C18H25N3O2. The Morgan fingerprint density at radius 1 is 1.17 bits per heavy atom. The number of benzene rings is 1. The number of hydrogen-bond acceptors (Lipinski definition) is 2. The van der Waals surface area contributed by atoms with Crippen molar-refractivity contribution in [2.24, 2.45) is 0 Å². The highest BCUT2D eigenvalue weighted by molar-refractivity contribution is 6.00. The van der Waals surface area contributed by atoms with Crippen molar-refractivity contribution in [3.63, 3.8) is 0 Å². The molecule has 1 atom stereocenters. The first kappa shape index (κ1) is 15.8. The molecule has 1 fully saturated rings. The Hall–Kier alpha value is -2.04. The second-order valence-electron chi connectivity index (χ2n) is 6.54. The van der Waals surface area contributed by atoms with Gasteiger partial charge in [0, 0.05) is 18.3 Å². The van der Waals surface area contributed by atoms with Crippen molar-refractivity contribution < 1.29 is 9.59 Å². The van der Waals surface area contributed by atoms with Gasteiger partial charge in [0.25, 0.3) is 0 Å². The lowest BCUT2D eigenvalue weighted by Crippen LogP contribution is -2.51. The van der Waals surface area contributed by atoms with Crippen molar-refractivity contribution >= 4 is 17.6 Å². The number of anilines is 1. The van der Waals surface area contributed by atoms with Crippen LogP contribution >= 0.6 is 0 Å². The molecule has 0 aromatic heterocycles. The van der Waals surface area contributed by atoms with E-state index in [9.17, 15) is 9.59 Å². The Bertz CT molecular complexity index is 581. The van der Waals surface area contributed by atoms with Crippen LogP contribution in [0.3, 0.4) is 0 Å². The summed E-state index contributed by atoms with van der Waals surface area (Å²) in [5.41, 5.74) is 2.17. The molecule has 1 aliphatic carbocycles. The number of para-hydroxylation sites is 1. The summed E-state index contributed by atoms with van der Waals surface area (Å²) in [5, 5.41) is 5.79. The first-order valence-electron chi connectivity index (χ1n) is 8.61. The average Bonchev–Trinajstić information content (AvgIpc) is 2.99. The van der Waals surface area contributed by atoms with Gasteiger partial charge in [-0.25, -0.2) is 4.79 Å². The van der Waals surface area contributed by atoms with Crippen LogP contribution in [0.5, 0.6) is 0 Å². The summed E-state index contributed by atoms with van der Waals surface area (Å²) in [6.45, 7) is 2.44. The van der Waals surface area contributed by atoms with Crippen molar-refractivity contribution in [3.8, 4) is 0 Å². The third kappa shape index (κ3) is 3.66. The van der Waals surface area contributed by atoms with E-state index in [0.717, 1.165) is 24.9 Å². The molecule has 1 aromatic rings. The van der Waals surface area contributed by atoms with Gasteiger partial charge in [-0.05, 0) is 37.8 Å². The number of amides is 3. The number of rotatable bonds is 3. The summed E-state index contributed by atoms with van der Waals surface area (Å²) in [6, 6.07) is 7.45. The molecule has 23 heavy (non-hydrogen) atoms. The fourth-order valence-corrected chi connectivity index (χ4v) is 3.53. The van der Waals surface area contributed by atoms with Crippen LogP contribution in [0, 0.1) is 0 Å². The number of nitrogens with one attached hydrogen (secondary N) is 2. The van der Waals surface area contributed by atoms with E-state index in [4.69, 9.17) is 0 Å². The second-order valence-corrected chi connectivity index (χ2v) is 6.54. The molecular weight excluding hydrogens is 290 g/mol. The molecule has 5 nitrogen and oxygen atoms in total. The van der Waals surface area contributed by atoms with Crippen molar-refractivity contribution in [1.29, 1.82) is 0 Å². The van der Waals surface area contributed by atoms with Gasteiger partial charge in [0.2, 0.25) is 5.91 Å². The lowest BCUT2D eigenvalue weighted by atomic mass is 9.96. The van der Waals surface area contributed by atoms with Crippen LogP contribution in [-0.4, -0.2) is 30.6 Å². The molecule has 124 valence electrons. The second kappa shape index (κ2) is 7.02. The zero-order chi connectivity index (χ0) is 16.2. The Balaban J connectivity index is 1.54. The van der Waals surface area contributed by atoms with E-state index in [1.807, 2.05) is 18.2 Å². The Morgan fingerprint density at radius 3 is 2.70 bits per heavy atom. The molecule has 0 spiro atoms. The standard InChI is InChI=1S/C18H25N3O2/c1-13(19-18(23)20-15-8-3-2-4-9-15)17(22)21-12-11-14-7-5-6-10-16(14)21/h5-7,10,13,15H,2-4,8-9,11-12H2,1H3,(H2,19,20,23). The van der Waals surface area contributed by atoms with Gasteiger partial charge in [-0.2, -0.15) is 0 Å². The molecule has 2 N–H and O–H groups in total. The third-order valence-corrected chi connectivity index (χ3v) is 4.81. The zero-order valence-corrected chi connectivity index (χ0v) is 13.7. The van der Waals surface area contributed by atoms with Gasteiger partial charge in [-0.1, -0.05) is 37.5 Å². The minimum absolute atomic E-state index is 0.0475. The first-order chi connectivity index (χ1) is 11.1. The van der Waals surface area contributed by atoms with E-state index in [1.165, 1.54) is 24.8 Å². The largest absolute Gasteiger partial charge is 0.335 e. The first-order valence-corrected chi connectivity index (χ1v) is 8.61. The fraction of sp³-hybridized carbons (Fsp3) is 0.556. The number of carbonyl (C=O) groups excluding carboxylic acids is 2. The monoisotopic (exact) mass is 315 g/mol. The fourth-order valence-electron chi connectivity index (χ4n) is 3.53. The quantitative estimate of drug-likeness (QED) is 0.900. The smallest absolute Gasteiger partial charge is 0.315 e. The van der Waals surface area contributed by atoms with Crippen LogP contribution in [0.2, 0.25) is 0 Å². The van der Waals surface area contributed by atoms with Crippen LogP contribution in [-0.2, 0) is 11.2 Å². The van der Waals surface area contributed by atoms with Gasteiger partial charge in [0.1, 0.15) is 6.04 Å². The minimum Gasteiger partial charge on any atom is -0.335 e. The summed E-state index contributed by atoms with van der Waals surface area (Å²) >= 11 is 0. The lowest BCUT2D eigenvalue weighted by Gasteiger charge is -2.25.